The Balaban J connectivity index is 1.57. The summed E-state index contributed by atoms with van der Waals surface area (Å²) in [7, 11) is 1.60. The number of nitrogens with zero attached hydrogens (tertiary/aromatic N) is 3. The van der Waals surface area contributed by atoms with Crippen LogP contribution < -0.4 is 9.64 Å². The molecule has 0 amide bonds. The molecule has 2 heterocycles. The van der Waals surface area contributed by atoms with Crippen molar-refractivity contribution in [2.45, 2.75) is 19.4 Å². The third-order valence-electron chi connectivity index (χ3n) is 4.44. The van der Waals surface area contributed by atoms with Crippen LogP contribution in [-0.2, 0) is 13.0 Å². The van der Waals surface area contributed by atoms with Gasteiger partial charge < -0.3 is 14.2 Å². The standard InChI is InChI=1S/C19H17F2N3O2/c1-25-15-6-4-12(5-7-15)19-22-17(26-23-19)11-24-8-2-3-13-9-14(20)10-16(21)18(13)24/h4-7,9-10H,2-3,8,11H2,1H3. The van der Waals surface area contributed by atoms with E-state index in [1.807, 2.05) is 29.2 Å². The molecular formula is C19H17F2N3O2. The summed E-state index contributed by atoms with van der Waals surface area (Å²) in [6.07, 6.45) is 1.47. The van der Waals surface area contributed by atoms with Crippen molar-refractivity contribution in [1.29, 1.82) is 0 Å². The summed E-state index contributed by atoms with van der Waals surface area (Å²) in [5, 5.41) is 3.99. The summed E-state index contributed by atoms with van der Waals surface area (Å²) in [5.41, 5.74) is 1.89. The quantitative estimate of drug-likeness (QED) is 0.707. The Bertz CT molecular complexity index is 925. The predicted octanol–water partition coefficient (Wildman–Crippen LogP) is 3.98. The van der Waals surface area contributed by atoms with Crippen molar-refractivity contribution < 1.29 is 18.0 Å². The smallest absolute Gasteiger partial charge is 0.246 e. The minimum Gasteiger partial charge on any atom is -0.497 e. The SMILES string of the molecule is COc1ccc(-c2noc(CN3CCCc4cc(F)cc(F)c43)n2)cc1. The van der Waals surface area contributed by atoms with E-state index in [0.29, 0.717) is 35.9 Å². The first-order chi connectivity index (χ1) is 12.6. The molecule has 0 atom stereocenters. The number of anilines is 1. The average Bonchev–Trinajstić information content (AvgIpc) is 3.10. The zero-order valence-corrected chi connectivity index (χ0v) is 14.2. The minimum absolute atomic E-state index is 0.276. The van der Waals surface area contributed by atoms with Crippen LogP contribution in [0, 0.1) is 11.6 Å². The van der Waals surface area contributed by atoms with E-state index in [-0.39, 0.29) is 6.54 Å². The van der Waals surface area contributed by atoms with Crippen molar-refractivity contribution in [3.8, 4) is 17.1 Å². The second-order valence-electron chi connectivity index (χ2n) is 6.16. The van der Waals surface area contributed by atoms with Gasteiger partial charge in [-0.3, -0.25) is 0 Å². The minimum atomic E-state index is -0.561. The maximum absolute atomic E-state index is 14.3. The summed E-state index contributed by atoms with van der Waals surface area (Å²) in [6.45, 7) is 0.925. The van der Waals surface area contributed by atoms with Gasteiger partial charge >= 0.3 is 0 Å². The molecular weight excluding hydrogens is 340 g/mol. The second kappa shape index (κ2) is 6.74. The van der Waals surface area contributed by atoms with E-state index in [0.717, 1.165) is 23.8 Å². The molecule has 7 heteroatoms. The summed E-state index contributed by atoms with van der Waals surface area (Å²) in [5.74, 6) is 0.467. The molecule has 134 valence electrons. The highest BCUT2D eigenvalue weighted by atomic mass is 19.1. The first-order valence-electron chi connectivity index (χ1n) is 8.34. The fraction of sp³-hybridized carbons (Fsp3) is 0.263. The summed E-state index contributed by atoms with van der Waals surface area (Å²) in [4.78, 5) is 6.21. The highest BCUT2D eigenvalue weighted by Crippen LogP contribution is 2.32. The largest absolute Gasteiger partial charge is 0.497 e. The molecule has 0 fully saturated rings. The molecule has 2 aromatic carbocycles. The molecule has 0 aliphatic carbocycles. The number of hydrogen-bond donors (Lipinski definition) is 0. The Morgan fingerprint density at radius 2 is 2.00 bits per heavy atom. The van der Waals surface area contributed by atoms with Crippen LogP contribution in [-0.4, -0.2) is 23.8 Å². The van der Waals surface area contributed by atoms with E-state index in [1.165, 1.54) is 6.07 Å². The molecule has 0 saturated carbocycles. The second-order valence-corrected chi connectivity index (χ2v) is 6.16. The van der Waals surface area contributed by atoms with Crippen molar-refractivity contribution in [2.75, 3.05) is 18.6 Å². The van der Waals surface area contributed by atoms with Gasteiger partial charge in [-0.2, -0.15) is 4.98 Å². The van der Waals surface area contributed by atoms with Gasteiger partial charge in [-0.15, -0.1) is 0 Å². The maximum Gasteiger partial charge on any atom is 0.246 e. The number of aromatic nitrogens is 2. The molecule has 0 bridgehead atoms. The molecule has 0 radical (unpaired) electrons. The highest BCUT2D eigenvalue weighted by Gasteiger charge is 2.24. The number of hydrogen-bond acceptors (Lipinski definition) is 5. The first-order valence-corrected chi connectivity index (χ1v) is 8.34. The Hall–Kier alpha value is -2.96. The topological polar surface area (TPSA) is 51.4 Å². The van der Waals surface area contributed by atoms with Gasteiger partial charge in [0.1, 0.15) is 17.4 Å². The summed E-state index contributed by atoms with van der Waals surface area (Å²) < 4.78 is 38.2. The third kappa shape index (κ3) is 3.12. The zero-order valence-electron chi connectivity index (χ0n) is 14.2. The molecule has 1 aromatic heterocycles. The Labute approximate surface area is 149 Å². The Kier molecular flexibility index (Phi) is 4.28. The molecule has 4 rings (SSSR count). The molecule has 0 spiro atoms. The van der Waals surface area contributed by atoms with Crippen LogP contribution in [0.5, 0.6) is 5.75 Å². The lowest BCUT2D eigenvalue weighted by molar-refractivity contribution is 0.374. The summed E-state index contributed by atoms with van der Waals surface area (Å²) >= 11 is 0. The lowest BCUT2D eigenvalue weighted by Crippen LogP contribution is -2.30. The average molecular weight is 357 g/mol. The number of ether oxygens (including phenoxy) is 1. The monoisotopic (exact) mass is 357 g/mol. The van der Waals surface area contributed by atoms with Gasteiger partial charge in [0.2, 0.25) is 11.7 Å². The van der Waals surface area contributed by atoms with E-state index in [1.54, 1.807) is 7.11 Å². The molecule has 26 heavy (non-hydrogen) atoms. The molecule has 5 nitrogen and oxygen atoms in total. The van der Waals surface area contributed by atoms with E-state index in [2.05, 4.69) is 10.1 Å². The number of halogens is 2. The van der Waals surface area contributed by atoms with Crippen molar-refractivity contribution in [3.05, 3.63) is 59.5 Å². The number of fused-ring (bicyclic) bond motifs is 1. The molecule has 1 aliphatic rings. The lowest BCUT2D eigenvalue weighted by Gasteiger charge is -2.30. The number of aryl methyl sites for hydroxylation is 1. The molecule has 3 aromatic rings. The molecule has 1 aliphatic heterocycles. The normalized spacial score (nSPS) is 13.6. The number of rotatable bonds is 4. The lowest BCUT2D eigenvalue weighted by atomic mass is 10.0. The van der Waals surface area contributed by atoms with E-state index < -0.39 is 11.6 Å². The zero-order chi connectivity index (χ0) is 18.1. The van der Waals surface area contributed by atoms with E-state index in [4.69, 9.17) is 9.26 Å². The van der Waals surface area contributed by atoms with Crippen LogP contribution in [0.15, 0.2) is 40.9 Å². The third-order valence-corrected chi connectivity index (χ3v) is 4.44. The van der Waals surface area contributed by atoms with Gasteiger partial charge in [-0.25, -0.2) is 8.78 Å². The summed E-state index contributed by atoms with van der Waals surface area (Å²) in [6, 6.07) is 9.61. The Morgan fingerprint density at radius 3 is 2.77 bits per heavy atom. The van der Waals surface area contributed by atoms with E-state index >= 15 is 0 Å². The van der Waals surface area contributed by atoms with Gasteiger partial charge in [0.05, 0.1) is 19.3 Å². The van der Waals surface area contributed by atoms with Gasteiger partial charge in [-0.05, 0) is 48.7 Å². The first kappa shape index (κ1) is 16.5. The van der Waals surface area contributed by atoms with Crippen molar-refractivity contribution >= 4 is 5.69 Å². The van der Waals surface area contributed by atoms with E-state index in [9.17, 15) is 8.78 Å². The molecule has 0 saturated heterocycles. The molecule has 0 unspecified atom stereocenters. The number of methoxy groups -OCH3 is 1. The van der Waals surface area contributed by atoms with Crippen LogP contribution >= 0.6 is 0 Å². The highest BCUT2D eigenvalue weighted by molar-refractivity contribution is 5.58. The van der Waals surface area contributed by atoms with Crippen LogP contribution in [0.3, 0.4) is 0 Å². The van der Waals surface area contributed by atoms with Gasteiger partial charge in [0, 0.05) is 18.2 Å². The Morgan fingerprint density at radius 1 is 1.19 bits per heavy atom. The molecule has 0 N–H and O–H groups in total. The maximum atomic E-state index is 14.3. The fourth-order valence-electron chi connectivity index (χ4n) is 3.23. The van der Waals surface area contributed by atoms with Crippen LogP contribution in [0.25, 0.3) is 11.4 Å². The van der Waals surface area contributed by atoms with Crippen molar-refractivity contribution in [1.82, 2.24) is 10.1 Å². The predicted molar refractivity (Wildman–Crippen MR) is 92.0 cm³/mol. The van der Waals surface area contributed by atoms with Crippen molar-refractivity contribution in [3.63, 3.8) is 0 Å². The fourth-order valence-corrected chi connectivity index (χ4v) is 3.23. The van der Waals surface area contributed by atoms with Gasteiger partial charge in [0.15, 0.2) is 0 Å². The van der Waals surface area contributed by atoms with Crippen LogP contribution in [0.4, 0.5) is 14.5 Å². The van der Waals surface area contributed by atoms with Gasteiger partial charge in [-0.1, -0.05) is 5.16 Å². The van der Waals surface area contributed by atoms with Crippen LogP contribution in [0.1, 0.15) is 17.9 Å². The number of benzene rings is 2. The van der Waals surface area contributed by atoms with Crippen LogP contribution in [0.2, 0.25) is 0 Å². The van der Waals surface area contributed by atoms with Gasteiger partial charge in [0.25, 0.3) is 0 Å². The van der Waals surface area contributed by atoms with Crippen molar-refractivity contribution in [2.24, 2.45) is 0 Å².